The molecule has 2 aromatic rings. The zero-order valence-electron chi connectivity index (χ0n) is 16.3. The molecule has 29 heavy (non-hydrogen) atoms. The Morgan fingerprint density at radius 3 is 2.79 bits per heavy atom. The van der Waals surface area contributed by atoms with Crippen molar-refractivity contribution in [2.24, 2.45) is 5.73 Å². The number of amidine groups is 1. The van der Waals surface area contributed by atoms with Crippen LogP contribution in [0, 0.1) is 5.41 Å². The van der Waals surface area contributed by atoms with E-state index in [4.69, 9.17) is 22.7 Å². The van der Waals surface area contributed by atoms with Crippen LogP contribution >= 0.6 is 11.6 Å². The zero-order valence-corrected chi connectivity index (χ0v) is 17.1. The van der Waals surface area contributed by atoms with E-state index < -0.39 is 0 Å². The van der Waals surface area contributed by atoms with Gasteiger partial charge in [-0.2, -0.15) is 0 Å². The van der Waals surface area contributed by atoms with Crippen molar-refractivity contribution >= 4 is 23.3 Å². The molecule has 0 saturated heterocycles. The first kappa shape index (κ1) is 19.8. The molecule has 1 aliphatic carbocycles. The summed E-state index contributed by atoms with van der Waals surface area (Å²) in [6, 6.07) is 8.31. The first-order valence-corrected chi connectivity index (χ1v) is 10.4. The lowest BCUT2D eigenvalue weighted by atomic mass is 9.68. The Kier molecular flexibility index (Phi) is 5.27. The lowest BCUT2D eigenvalue weighted by molar-refractivity contribution is -0.385. The first-order chi connectivity index (χ1) is 13.9. The first-order valence-electron chi connectivity index (χ1n) is 10.00. The third kappa shape index (κ3) is 3.60. The summed E-state index contributed by atoms with van der Waals surface area (Å²) in [4.78, 5) is 23.4. The zero-order chi connectivity index (χ0) is 20.6. The largest absolute Gasteiger partial charge is 0.381 e. The van der Waals surface area contributed by atoms with Crippen LogP contribution in [0.15, 0.2) is 30.5 Å². The van der Waals surface area contributed by atoms with Crippen molar-refractivity contribution in [1.82, 2.24) is 14.9 Å². The van der Waals surface area contributed by atoms with E-state index >= 15 is 0 Å². The average Bonchev–Trinajstić information content (AvgIpc) is 2.74. The molecule has 8 heteroatoms. The van der Waals surface area contributed by atoms with Crippen molar-refractivity contribution in [2.45, 2.75) is 43.6 Å². The lowest BCUT2D eigenvalue weighted by Crippen LogP contribution is -2.61. The van der Waals surface area contributed by atoms with E-state index in [2.05, 4.69) is 27.8 Å². The minimum absolute atomic E-state index is 0.0174. The maximum absolute atomic E-state index is 13.1. The molecule has 4 rings (SSSR count). The second-order valence-electron chi connectivity index (χ2n) is 7.99. The minimum atomic E-state index is -0.180. The molecular weight excluding hydrogens is 388 g/mol. The molecule has 0 bridgehead atoms. The van der Waals surface area contributed by atoms with E-state index in [1.165, 1.54) is 11.8 Å². The highest BCUT2D eigenvalue weighted by Gasteiger charge is 2.41. The summed E-state index contributed by atoms with van der Waals surface area (Å²) in [5, 5.41) is 8.24. The van der Waals surface area contributed by atoms with E-state index in [0.717, 1.165) is 37.3 Å². The number of nitrogens with zero attached hydrogens (tertiary/aromatic N) is 3. The van der Waals surface area contributed by atoms with Gasteiger partial charge in [-0.05, 0) is 43.4 Å². The van der Waals surface area contributed by atoms with Crippen molar-refractivity contribution in [1.29, 1.82) is 5.41 Å². The van der Waals surface area contributed by atoms with Gasteiger partial charge >= 0.3 is 0 Å². The monoisotopic (exact) mass is 413 g/mol. The van der Waals surface area contributed by atoms with Gasteiger partial charge in [-0.25, -0.2) is 9.97 Å². The van der Waals surface area contributed by atoms with Gasteiger partial charge in [-0.15, -0.1) is 0 Å². The fraction of sp³-hybridized carbons (Fsp3) is 0.429. The number of carbonyl (C=O) groups is 1. The third-order valence-electron chi connectivity index (χ3n) is 6.46. The number of aromatic nitrogens is 2. The van der Waals surface area contributed by atoms with Gasteiger partial charge in [0.05, 0.1) is 17.8 Å². The van der Waals surface area contributed by atoms with Gasteiger partial charge in [0.1, 0.15) is 0 Å². The molecule has 0 spiro atoms. The number of quaternary nitrogens is 1. The summed E-state index contributed by atoms with van der Waals surface area (Å²) in [6.07, 6.45) is 6.03. The number of carbonyl (C=O) groups excluding carboxylic acids is 1. The number of amides is 1. The number of hydrogen-bond acceptors (Lipinski definition) is 4. The third-order valence-corrected chi connectivity index (χ3v) is 6.69. The molecule has 0 radical (unpaired) electrons. The highest BCUT2D eigenvalue weighted by molar-refractivity contribution is 6.30. The topological polar surface area (TPSA) is 124 Å². The molecule has 1 amide bonds. The fourth-order valence-corrected chi connectivity index (χ4v) is 4.91. The van der Waals surface area contributed by atoms with Crippen LogP contribution in [0.4, 0.5) is 0 Å². The van der Waals surface area contributed by atoms with Crippen molar-refractivity contribution in [3.8, 4) is 0 Å². The van der Waals surface area contributed by atoms with Crippen LogP contribution in [0.1, 0.15) is 53.1 Å². The summed E-state index contributed by atoms with van der Waals surface area (Å²) in [5.41, 5.74) is 12.2. The summed E-state index contributed by atoms with van der Waals surface area (Å²) >= 11 is 6.22. The van der Waals surface area contributed by atoms with E-state index in [1.54, 1.807) is 0 Å². The molecule has 1 aliphatic heterocycles. The van der Waals surface area contributed by atoms with Crippen LogP contribution in [0.3, 0.4) is 0 Å². The van der Waals surface area contributed by atoms with E-state index in [1.807, 2.05) is 17.0 Å². The van der Waals surface area contributed by atoms with Crippen molar-refractivity contribution < 1.29 is 10.5 Å². The molecule has 1 saturated carbocycles. The average molecular weight is 414 g/mol. The number of nitrogens with one attached hydrogen (secondary N) is 1. The fourth-order valence-electron chi connectivity index (χ4n) is 4.72. The molecule has 6 N–H and O–H groups in total. The Labute approximate surface area is 175 Å². The van der Waals surface area contributed by atoms with Crippen LogP contribution in [-0.2, 0) is 11.8 Å². The molecule has 2 heterocycles. The van der Waals surface area contributed by atoms with Gasteiger partial charge in [0, 0.05) is 35.6 Å². The molecule has 1 aromatic heterocycles. The Morgan fingerprint density at radius 2 is 2.14 bits per heavy atom. The van der Waals surface area contributed by atoms with Crippen molar-refractivity contribution in [2.75, 3.05) is 13.1 Å². The van der Waals surface area contributed by atoms with Gasteiger partial charge in [-0.1, -0.05) is 23.7 Å². The highest BCUT2D eigenvalue weighted by Crippen LogP contribution is 2.41. The SMILES string of the molecule is N=C(N)c1ncc2c(n1)CCN(C1CCC(C[NH3+])(c3cccc(Cl)c3)CC1)C2=O. The van der Waals surface area contributed by atoms with Gasteiger partial charge in [0.15, 0.2) is 11.7 Å². The Balaban J connectivity index is 1.50. The standard InChI is InChI=1S/C21H25ClN6O/c22-14-3-1-2-13(10-14)21(12-23)7-4-15(5-8-21)28-9-6-17-16(20(28)29)11-26-19(27-17)18(24)25/h1-3,10-11,15H,4-9,12,23H2,(H3,24,25)/p+1. The predicted molar refractivity (Wildman–Crippen MR) is 111 cm³/mol. The number of fused-ring (bicyclic) bond motifs is 1. The molecule has 0 unspecified atom stereocenters. The summed E-state index contributed by atoms with van der Waals surface area (Å²) in [7, 11) is 0. The number of nitrogen functional groups attached to an aromatic ring is 1. The maximum atomic E-state index is 13.1. The Morgan fingerprint density at radius 1 is 1.38 bits per heavy atom. The van der Waals surface area contributed by atoms with Crippen LogP contribution < -0.4 is 11.5 Å². The molecule has 0 atom stereocenters. The summed E-state index contributed by atoms with van der Waals surface area (Å²) in [5.74, 6) is -0.0128. The van der Waals surface area contributed by atoms with Gasteiger partial charge in [-0.3, -0.25) is 10.2 Å². The Bertz CT molecular complexity index is 954. The highest BCUT2D eigenvalue weighted by atomic mass is 35.5. The molecule has 152 valence electrons. The predicted octanol–water partition coefficient (Wildman–Crippen LogP) is 1.53. The molecule has 1 fully saturated rings. The van der Waals surface area contributed by atoms with Gasteiger partial charge in [0.25, 0.3) is 5.91 Å². The van der Waals surface area contributed by atoms with Crippen LogP contribution in [0.5, 0.6) is 0 Å². The second kappa shape index (κ2) is 7.72. The molecular formula is C21H26ClN6O+. The quantitative estimate of drug-likeness (QED) is 0.519. The number of rotatable bonds is 4. The number of hydrogen-bond donors (Lipinski definition) is 3. The number of halogens is 1. The number of benzene rings is 1. The normalized spacial score (nSPS) is 24.3. The summed E-state index contributed by atoms with van der Waals surface area (Å²) in [6.45, 7) is 1.46. The lowest BCUT2D eigenvalue weighted by Gasteiger charge is -2.43. The minimum Gasteiger partial charge on any atom is -0.381 e. The van der Waals surface area contributed by atoms with Gasteiger partial charge < -0.3 is 16.4 Å². The van der Waals surface area contributed by atoms with Crippen LogP contribution in [0.2, 0.25) is 5.02 Å². The van der Waals surface area contributed by atoms with Crippen LogP contribution in [0.25, 0.3) is 0 Å². The maximum Gasteiger partial charge on any atom is 0.257 e. The van der Waals surface area contributed by atoms with Crippen molar-refractivity contribution in [3.63, 3.8) is 0 Å². The van der Waals surface area contributed by atoms with Crippen molar-refractivity contribution in [3.05, 3.63) is 58.1 Å². The molecule has 1 aromatic carbocycles. The summed E-state index contributed by atoms with van der Waals surface area (Å²) < 4.78 is 0. The smallest absolute Gasteiger partial charge is 0.257 e. The van der Waals surface area contributed by atoms with E-state index in [9.17, 15) is 4.79 Å². The molecule has 2 aliphatic rings. The molecule has 7 nitrogen and oxygen atoms in total. The Hall–Kier alpha value is -2.51. The number of nitrogens with two attached hydrogens (primary N) is 1. The van der Waals surface area contributed by atoms with Gasteiger partial charge in [0.2, 0.25) is 0 Å². The van der Waals surface area contributed by atoms with E-state index in [-0.39, 0.29) is 29.0 Å². The second-order valence-corrected chi connectivity index (χ2v) is 8.42. The van der Waals surface area contributed by atoms with E-state index in [0.29, 0.717) is 24.2 Å². The van der Waals surface area contributed by atoms with Crippen LogP contribution in [-0.4, -0.2) is 45.7 Å².